The summed E-state index contributed by atoms with van der Waals surface area (Å²) in [5, 5.41) is 3.39. The molecule has 1 aromatic rings. The van der Waals surface area contributed by atoms with Gasteiger partial charge in [0.2, 0.25) is 0 Å². The van der Waals surface area contributed by atoms with Crippen LogP contribution in [-0.2, 0) is 17.8 Å². The van der Waals surface area contributed by atoms with Crippen molar-refractivity contribution in [3.8, 4) is 0 Å². The summed E-state index contributed by atoms with van der Waals surface area (Å²) in [7, 11) is 0. The van der Waals surface area contributed by atoms with E-state index < -0.39 is 0 Å². The van der Waals surface area contributed by atoms with Crippen LogP contribution in [0, 0.1) is 5.41 Å². The average molecular weight is 276 g/mol. The Morgan fingerprint density at radius 2 is 1.65 bits per heavy atom. The smallest absolute Gasteiger partial charge is 0.155 e. The topological polar surface area (TPSA) is 55.1 Å². The van der Waals surface area contributed by atoms with Crippen molar-refractivity contribution < 1.29 is 4.79 Å². The SMILES string of the molecule is CC(C)N[C@@H](Cc1ccc(CN)cc1)C(=O)C(C)(C)C. The van der Waals surface area contributed by atoms with Crippen LogP contribution in [-0.4, -0.2) is 17.9 Å². The highest BCUT2D eigenvalue weighted by Gasteiger charge is 2.29. The number of hydrogen-bond donors (Lipinski definition) is 2. The minimum Gasteiger partial charge on any atom is -0.326 e. The van der Waals surface area contributed by atoms with Gasteiger partial charge in [-0.1, -0.05) is 58.9 Å². The van der Waals surface area contributed by atoms with Gasteiger partial charge in [0.1, 0.15) is 0 Å². The van der Waals surface area contributed by atoms with Gasteiger partial charge in [-0.25, -0.2) is 0 Å². The van der Waals surface area contributed by atoms with Gasteiger partial charge < -0.3 is 11.1 Å². The summed E-state index contributed by atoms with van der Waals surface area (Å²) < 4.78 is 0. The Morgan fingerprint density at radius 1 is 1.15 bits per heavy atom. The van der Waals surface area contributed by atoms with E-state index in [9.17, 15) is 4.79 Å². The molecule has 0 saturated heterocycles. The number of carbonyl (C=O) groups is 1. The minimum atomic E-state index is -0.330. The second kappa shape index (κ2) is 7.00. The fourth-order valence-electron chi connectivity index (χ4n) is 2.20. The standard InChI is InChI=1S/C17H28N2O/c1-12(2)19-15(16(20)17(3,4)5)10-13-6-8-14(11-18)9-7-13/h6-9,12,15,19H,10-11,18H2,1-5H3/t15-/m0/s1. The molecule has 3 N–H and O–H groups in total. The zero-order valence-corrected chi connectivity index (χ0v) is 13.4. The largest absolute Gasteiger partial charge is 0.326 e. The molecule has 20 heavy (non-hydrogen) atoms. The zero-order chi connectivity index (χ0) is 15.3. The Labute approximate surface area is 122 Å². The predicted octanol–water partition coefficient (Wildman–Crippen LogP) is 2.67. The van der Waals surface area contributed by atoms with Gasteiger partial charge in [-0.3, -0.25) is 4.79 Å². The third kappa shape index (κ3) is 5.06. The Bertz CT molecular complexity index is 429. The Kier molecular flexibility index (Phi) is 5.90. The van der Waals surface area contributed by atoms with Crippen LogP contribution in [0.2, 0.25) is 0 Å². The molecule has 0 radical (unpaired) electrons. The van der Waals surface area contributed by atoms with Crippen LogP contribution >= 0.6 is 0 Å². The van der Waals surface area contributed by atoms with E-state index in [-0.39, 0.29) is 23.3 Å². The summed E-state index contributed by atoms with van der Waals surface area (Å²) in [5.74, 6) is 0.258. The molecule has 3 nitrogen and oxygen atoms in total. The normalized spacial score (nSPS) is 13.6. The van der Waals surface area contributed by atoms with E-state index in [0.29, 0.717) is 6.54 Å². The Hall–Kier alpha value is -1.19. The quantitative estimate of drug-likeness (QED) is 0.840. The van der Waals surface area contributed by atoms with Gasteiger partial charge in [0.15, 0.2) is 5.78 Å². The second-order valence-corrected chi connectivity index (χ2v) is 6.71. The fourth-order valence-corrected chi connectivity index (χ4v) is 2.20. The number of hydrogen-bond acceptors (Lipinski definition) is 3. The van der Waals surface area contributed by atoms with Crippen molar-refractivity contribution in [2.24, 2.45) is 11.1 Å². The highest BCUT2D eigenvalue weighted by Crippen LogP contribution is 2.19. The van der Waals surface area contributed by atoms with Gasteiger partial charge in [0, 0.05) is 18.0 Å². The van der Waals surface area contributed by atoms with Crippen LogP contribution in [0.3, 0.4) is 0 Å². The van der Waals surface area contributed by atoms with Crippen LogP contribution in [0.15, 0.2) is 24.3 Å². The molecule has 112 valence electrons. The van der Waals surface area contributed by atoms with E-state index >= 15 is 0 Å². The fraction of sp³-hybridized carbons (Fsp3) is 0.588. The van der Waals surface area contributed by atoms with E-state index in [1.54, 1.807) is 0 Å². The maximum atomic E-state index is 12.5. The number of nitrogens with one attached hydrogen (secondary N) is 1. The monoisotopic (exact) mass is 276 g/mol. The average Bonchev–Trinajstić information content (AvgIpc) is 2.36. The molecule has 0 fully saturated rings. The van der Waals surface area contributed by atoms with Crippen molar-refractivity contribution in [3.63, 3.8) is 0 Å². The van der Waals surface area contributed by atoms with Crippen molar-refractivity contribution in [2.75, 3.05) is 0 Å². The minimum absolute atomic E-state index is 0.140. The molecular weight excluding hydrogens is 248 g/mol. The summed E-state index contributed by atoms with van der Waals surface area (Å²) in [5.41, 5.74) is 7.56. The van der Waals surface area contributed by atoms with Gasteiger partial charge in [0.05, 0.1) is 6.04 Å². The van der Waals surface area contributed by atoms with E-state index in [0.717, 1.165) is 17.5 Å². The molecule has 1 atom stereocenters. The molecule has 0 heterocycles. The molecule has 1 rings (SSSR count). The molecule has 0 bridgehead atoms. The van der Waals surface area contributed by atoms with Crippen molar-refractivity contribution >= 4 is 5.78 Å². The van der Waals surface area contributed by atoms with E-state index in [1.807, 2.05) is 32.9 Å². The first-order chi connectivity index (χ1) is 9.24. The lowest BCUT2D eigenvalue weighted by atomic mass is 9.84. The van der Waals surface area contributed by atoms with E-state index in [2.05, 4.69) is 31.3 Å². The Morgan fingerprint density at radius 3 is 2.05 bits per heavy atom. The first-order valence-corrected chi connectivity index (χ1v) is 7.32. The number of nitrogens with two attached hydrogens (primary N) is 1. The van der Waals surface area contributed by atoms with Crippen molar-refractivity contribution in [1.29, 1.82) is 0 Å². The molecule has 0 aromatic heterocycles. The van der Waals surface area contributed by atoms with Crippen LogP contribution in [0.1, 0.15) is 45.7 Å². The third-order valence-electron chi connectivity index (χ3n) is 3.29. The maximum absolute atomic E-state index is 12.5. The predicted molar refractivity (Wildman–Crippen MR) is 84.6 cm³/mol. The summed E-state index contributed by atoms with van der Waals surface area (Å²) in [4.78, 5) is 12.5. The molecular formula is C17H28N2O. The van der Waals surface area contributed by atoms with E-state index in [4.69, 9.17) is 5.73 Å². The summed E-state index contributed by atoms with van der Waals surface area (Å²) in [6.07, 6.45) is 0.721. The van der Waals surface area contributed by atoms with Gasteiger partial charge >= 0.3 is 0 Å². The number of ketones is 1. The van der Waals surface area contributed by atoms with E-state index in [1.165, 1.54) is 0 Å². The second-order valence-electron chi connectivity index (χ2n) is 6.71. The molecule has 0 aliphatic rings. The first-order valence-electron chi connectivity index (χ1n) is 7.32. The first kappa shape index (κ1) is 16.9. The van der Waals surface area contributed by atoms with Crippen molar-refractivity contribution in [3.05, 3.63) is 35.4 Å². The number of rotatable bonds is 6. The van der Waals surface area contributed by atoms with Gasteiger partial charge in [-0.2, -0.15) is 0 Å². The molecule has 0 saturated carbocycles. The molecule has 0 aliphatic heterocycles. The molecule has 0 spiro atoms. The molecule has 1 aromatic carbocycles. The number of carbonyl (C=O) groups excluding carboxylic acids is 1. The van der Waals surface area contributed by atoms with Crippen LogP contribution in [0.5, 0.6) is 0 Å². The van der Waals surface area contributed by atoms with Crippen LogP contribution in [0.4, 0.5) is 0 Å². The lowest BCUT2D eigenvalue weighted by Gasteiger charge is -2.27. The lowest BCUT2D eigenvalue weighted by molar-refractivity contribution is -0.128. The van der Waals surface area contributed by atoms with Gasteiger partial charge in [-0.15, -0.1) is 0 Å². The number of Topliss-reactive ketones (excluding diaryl/α,β-unsaturated/α-hetero) is 1. The van der Waals surface area contributed by atoms with Crippen LogP contribution in [0.25, 0.3) is 0 Å². The van der Waals surface area contributed by atoms with Crippen molar-refractivity contribution in [2.45, 2.75) is 59.7 Å². The zero-order valence-electron chi connectivity index (χ0n) is 13.4. The van der Waals surface area contributed by atoms with Gasteiger partial charge in [0.25, 0.3) is 0 Å². The highest BCUT2D eigenvalue weighted by molar-refractivity contribution is 5.89. The van der Waals surface area contributed by atoms with Crippen LogP contribution < -0.4 is 11.1 Å². The summed E-state index contributed by atoms with van der Waals surface area (Å²) in [6, 6.07) is 8.33. The maximum Gasteiger partial charge on any atom is 0.155 e. The third-order valence-corrected chi connectivity index (χ3v) is 3.29. The number of benzene rings is 1. The summed E-state index contributed by atoms with van der Waals surface area (Å²) in [6.45, 7) is 10.6. The molecule has 0 amide bonds. The molecule has 3 heteroatoms. The lowest BCUT2D eigenvalue weighted by Crippen LogP contribution is -2.47. The molecule has 0 unspecified atom stereocenters. The highest BCUT2D eigenvalue weighted by atomic mass is 16.1. The van der Waals surface area contributed by atoms with Crippen molar-refractivity contribution in [1.82, 2.24) is 5.32 Å². The van der Waals surface area contributed by atoms with Gasteiger partial charge in [-0.05, 0) is 17.5 Å². The Balaban J connectivity index is 2.85. The molecule has 0 aliphatic carbocycles. The summed E-state index contributed by atoms with van der Waals surface area (Å²) >= 11 is 0.